The Balaban J connectivity index is 1.74. The van der Waals surface area contributed by atoms with Gasteiger partial charge in [-0.05, 0) is 36.4 Å². The highest BCUT2D eigenvalue weighted by Crippen LogP contribution is 2.23. The van der Waals surface area contributed by atoms with Crippen molar-refractivity contribution >= 4 is 34.9 Å². The molecule has 0 aliphatic rings. The van der Waals surface area contributed by atoms with Gasteiger partial charge < -0.3 is 21.1 Å². The lowest BCUT2D eigenvalue weighted by Gasteiger charge is -2.13. The van der Waals surface area contributed by atoms with Crippen LogP contribution in [0.15, 0.2) is 72.8 Å². The van der Waals surface area contributed by atoms with E-state index in [0.717, 1.165) is 5.56 Å². The van der Waals surface area contributed by atoms with Gasteiger partial charge >= 0.3 is 6.03 Å². The van der Waals surface area contributed by atoms with Crippen LogP contribution >= 0.6 is 11.6 Å². The van der Waals surface area contributed by atoms with Crippen molar-refractivity contribution in [2.45, 2.75) is 6.61 Å². The summed E-state index contributed by atoms with van der Waals surface area (Å²) >= 11 is 6.15. The fraction of sp³-hybridized carbons (Fsp3) is 0.0476. The first-order valence-electron chi connectivity index (χ1n) is 8.46. The number of amides is 3. The molecule has 0 aliphatic heterocycles. The van der Waals surface area contributed by atoms with Crippen LogP contribution in [0.5, 0.6) is 5.75 Å². The standard InChI is InChI=1S/C21H18ClN3O3/c22-18-10-3-1-6-14(18)13-28-19-11-4-2-9-17(19)20(26)24-15-7-5-8-16(12-15)25-21(23)27/h1-12H,13H2,(H,24,26)(H3,23,25,27). The molecule has 0 spiro atoms. The third kappa shape index (κ3) is 5.02. The first kappa shape index (κ1) is 19.3. The minimum Gasteiger partial charge on any atom is -0.488 e. The lowest BCUT2D eigenvalue weighted by Crippen LogP contribution is -2.19. The number of rotatable bonds is 6. The van der Waals surface area contributed by atoms with E-state index in [1.165, 1.54) is 0 Å². The molecule has 28 heavy (non-hydrogen) atoms. The van der Waals surface area contributed by atoms with Gasteiger partial charge in [0.05, 0.1) is 5.56 Å². The highest BCUT2D eigenvalue weighted by molar-refractivity contribution is 6.31. The van der Waals surface area contributed by atoms with Gasteiger partial charge in [-0.25, -0.2) is 4.79 Å². The number of carbonyl (C=O) groups excluding carboxylic acids is 2. The predicted octanol–water partition coefficient (Wildman–Crippen LogP) is 4.66. The number of halogens is 1. The first-order valence-corrected chi connectivity index (χ1v) is 8.84. The number of benzene rings is 3. The molecular weight excluding hydrogens is 378 g/mol. The summed E-state index contributed by atoms with van der Waals surface area (Å²) in [6.07, 6.45) is 0. The SMILES string of the molecule is NC(=O)Nc1cccc(NC(=O)c2ccccc2OCc2ccccc2Cl)c1. The highest BCUT2D eigenvalue weighted by Gasteiger charge is 2.13. The van der Waals surface area contributed by atoms with Crippen molar-refractivity contribution in [1.82, 2.24) is 0 Å². The number of ether oxygens (including phenoxy) is 1. The van der Waals surface area contributed by atoms with Gasteiger partial charge in [-0.3, -0.25) is 4.79 Å². The van der Waals surface area contributed by atoms with Gasteiger partial charge in [0.25, 0.3) is 5.91 Å². The van der Waals surface area contributed by atoms with Crippen LogP contribution < -0.4 is 21.1 Å². The van der Waals surface area contributed by atoms with Gasteiger partial charge in [0.1, 0.15) is 12.4 Å². The summed E-state index contributed by atoms with van der Waals surface area (Å²) in [4.78, 5) is 23.7. The Hall–Kier alpha value is -3.51. The van der Waals surface area contributed by atoms with Crippen LogP contribution in [0.1, 0.15) is 15.9 Å². The normalized spacial score (nSPS) is 10.2. The Labute approximate surface area is 167 Å². The summed E-state index contributed by atoms with van der Waals surface area (Å²) < 4.78 is 5.82. The van der Waals surface area contributed by atoms with Gasteiger partial charge in [-0.2, -0.15) is 0 Å². The number of hydrogen-bond acceptors (Lipinski definition) is 3. The largest absolute Gasteiger partial charge is 0.488 e. The Morgan fingerprint density at radius 2 is 1.57 bits per heavy atom. The molecular formula is C21H18ClN3O3. The minimum absolute atomic E-state index is 0.238. The van der Waals surface area contributed by atoms with Crippen LogP contribution in [-0.4, -0.2) is 11.9 Å². The van der Waals surface area contributed by atoms with E-state index in [1.807, 2.05) is 18.2 Å². The molecule has 3 rings (SSSR count). The van der Waals surface area contributed by atoms with Crippen LogP contribution in [0.2, 0.25) is 5.02 Å². The molecule has 3 aromatic carbocycles. The third-order valence-corrected chi connectivity index (χ3v) is 4.23. The van der Waals surface area contributed by atoms with E-state index in [0.29, 0.717) is 27.7 Å². The molecule has 3 aromatic rings. The smallest absolute Gasteiger partial charge is 0.316 e. The molecule has 0 aromatic heterocycles. The van der Waals surface area contributed by atoms with Crippen LogP contribution in [0, 0.1) is 0 Å². The van der Waals surface area contributed by atoms with Crippen molar-refractivity contribution in [2.24, 2.45) is 5.73 Å². The molecule has 0 bridgehead atoms. The maximum atomic E-state index is 12.7. The summed E-state index contributed by atoms with van der Waals surface area (Å²) in [5.74, 6) is 0.0947. The van der Waals surface area contributed by atoms with E-state index >= 15 is 0 Å². The first-order chi connectivity index (χ1) is 13.5. The average molecular weight is 396 g/mol. The zero-order valence-corrected chi connectivity index (χ0v) is 15.6. The summed E-state index contributed by atoms with van der Waals surface area (Å²) in [5.41, 5.74) is 7.31. The molecule has 0 saturated carbocycles. The van der Waals surface area contributed by atoms with E-state index in [4.69, 9.17) is 22.1 Å². The average Bonchev–Trinajstić information content (AvgIpc) is 2.67. The molecule has 4 N–H and O–H groups in total. The van der Waals surface area contributed by atoms with Crippen molar-refractivity contribution in [3.63, 3.8) is 0 Å². The van der Waals surface area contributed by atoms with Gasteiger partial charge in [-0.1, -0.05) is 48.0 Å². The monoisotopic (exact) mass is 395 g/mol. The maximum absolute atomic E-state index is 12.7. The molecule has 0 atom stereocenters. The number of carbonyl (C=O) groups is 2. The minimum atomic E-state index is -0.679. The second-order valence-electron chi connectivity index (χ2n) is 5.90. The summed E-state index contributed by atoms with van der Waals surface area (Å²) in [5, 5.41) is 5.85. The molecule has 0 radical (unpaired) electrons. The summed E-state index contributed by atoms with van der Waals surface area (Å²) in [7, 11) is 0. The molecule has 3 amide bonds. The molecule has 0 unspecified atom stereocenters. The topological polar surface area (TPSA) is 93.5 Å². The fourth-order valence-corrected chi connectivity index (χ4v) is 2.76. The number of nitrogens with two attached hydrogens (primary N) is 1. The maximum Gasteiger partial charge on any atom is 0.316 e. The van der Waals surface area contributed by atoms with E-state index in [9.17, 15) is 9.59 Å². The Morgan fingerprint density at radius 3 is 2.32 bits per heavy atom. The van der Waals surface area contributed by atoms with E-state index in [2.05, 4.69) is 10.6 Å². The van der Waals surface area contributed by atoms with Crippen molar-refractivity contribution in [1.29, 1.82) is 0 Å². The summed E-state index contributed by atoms with van der Waals surface area (Å²) in [6, 6.07) is 20.3. The van der Waals surface area contributed by atoms with Crippen molar-refractivity contribution < 1.29 is 14.3 Å². The number of nitrogens with one attached hydrogen (secondary N) is 2. The zero-order valence-electron chi connectivity index (χ0n) is 14.8. The van der Waals surface area contributed by atoms with E-state index in [1.54, 1.807) is 54.6 Å². The van der Waals surface area contributed by atoms with Crippen LogP contribution in [0.25, 0.3) is 0 Å². The van der Waals surface area contributed by atoms with Gasteiger partial charge in [0.2, 0.25) is 0 Å². The van der Waals surface area contributed by atoms with E-state index in [-0.39, 0.29) is 12.5 Å². The lowest BCUT2D eigenvalue weighted by atomic mass is 10.1. The third-order valence-electron chi connectivity index (χ3n) is 3.86. The predicted molar refractivity (Wildman–Crippen MR) is 110 cm³/mol. The van der Waals surface area contributed by atoms with Gasteiger partial charge in [0, 0.05) is 22.0 Å². The Bertz CT molecular complexity index is 1010. The number of anilines is 2. The zero-order chi connectivity index (χ0) is 19.9. The van der Waals surface area contributed by atoms with E-state index < -0.39 is 6.03 Å². The lowest BCUT2D eigenvalue weighted by molar-refractivity contribution is 0.102. The number of hydrogen-bond donors (Lipinski definition) is 3. The molecule has 142 valence electrons. The fourth-order valence-electron chi connectivity index (χ4n) is 2.57. The molecule has 0 saturated heterocycles. The molecule has 6 nitrogen and oxygen atoms in total. The Kier molecular flexibility index (Phi) is 6.14. The van der Waals surface area contributed by atoms with Crippen molar-refractivity contribution in [3.8, 4) is 5.75 Å². The Morgan fingerprint density at radius 1 is 0.893 bits per heavy atom. The van der Waals surface area contributed by atoms with Crippen molar-refractivity contribution in [3.05, 3.63) is 88.9 Å². The highest BCUT2D eigenvalue weighted by atomic mass is 35.5. The number of primary amides is 1. The second kappa shape index (κ2) is 8.92. The summed E-state index contributed by atoms with van der Waals surface area (Å²) in [6.45, 7) is 0.238. The second-order valence-corrected chi connectivity index (χ2v) is 6.31. The van der Waals surface area contributed by atoms with Crippen LogP contribution in [-0.2, 0) is 6.61 Å². The van der Waals surface area contributed by atoms with Crippen LogP contribution in [0.3, 0.4) is 0 Å². The molecule has 7 heteroatoms. The quantitative estimate of drug-likeness (QED) is 0.566. The molecule has 0 aliphatic carbocycles. The number of urea groups is 1. The van der Waals surface area contributed by atoms with Gasteiger partial charge in [0.15, 0.2) is 0 Å². The molecule has 0 fully saturated rings. The van der Waals surface area contributed by atoms with Crippen molar-refractivity contribution in [2.75, 3.05) is 10.6 Å². The number of para-hydroxylation sites is 1. The van der Waals surface area contributed by atoms with Crippen LogP contribution in [0.4, 0.5) is 16.2 Å². The van der Waals surface area contributed by atoms with Gasteiger partial charge in [-0.15, -0.1) is 0 Å². The molecule has 0 heterocycles.